The van der Waals surface area contributed by atoms with Crippen LogP contribution in [0.2, 0.25) is 0 Å². The predicted molar refractivity (Wildman–Crippen MR) is 67.0 cm³/mol. The van der Waals surface area contributed by atoms with Gasteiger partial charge in [0.25, 0.3) is 0 Å². The van der Waals surface area contributed by atoms with E-state index in [2.05, 4.69) is 51.3 Å². The van der Waals surface area contributed by atoms with Crippen LogP contribution in [0.1, 0.15) is 13.8 Å². The minimum atomic E-state index is 0.247. The van der Waals surface area contributed by atoms with E-state index in [-0.39, 0.29) is 12.2 Å². The van der Waals surface area contributed by atoms with Gasteiger partial charge in [-0.3, -0.25) is 0 Å². The van der Waals surface area contributed by atoms with Crippen molar-refractivity contribution in [2.45, 2.75) is 26.1 Å². The highest BCUT2D eigenvalue weighted by molar-refractivity contribution is 14.1. The van der Waals surface area contributed by atoms with Crippen LogP contribution in [0.15, 0.2) is 12.4 Å². The van der Waals surface area contributed by atoms with E-state index >= 15 is 0 Å². The Kier molecular flexibility index (Phi) is 3.40. The Labute approximate surface area is 103 Å². The van der Waals surface area contributed by atoms with E-state index in [0.717, 1.165) is 22.6 Å². The molecule has 0 amide bonds. The molecule has 0 spiro atoms. The smallest absolute Gasteiger partial charge is 0.225 e. The molecule has 5 heteroatoms. The summed E-state index contributed by atoms with van der Waals surface area (Å²) in [5.74, 6) is 0.803. The third kappa shape index (κ3) is 2.78. The van der Waals surface area contributed by atoms with Gasteiger partial charge >= 0.3 is 0 Å². The van der Waals surface area contributed by atoms with Crippen molar-refractivity contribution in [2.75, 3.05) is 18.0 Å². The number of nitrogens with zero attached hydrogens (tertiary/aromatic N) is 3. The molecule has 4 nitrogen and oxygen atoms in total. The Balaban J connectivity index is 2.12. The van der Waals surface area contributed by atoms with E-state index in [1.54, 1.807) is 0 Å². The number of ether oxygens (including phenoxy) is 1. The number of hydrogen-bond acceptors (Lipinski definition) is 4. The monoisotopic (exact) mass is 319 g/mol. The van der Waals surface area contributed by atoms with Crippen molar-refractivity contribution in [3.05, 3.63) is 16.0 Å². The lowest BCUT2D eigenvalue weighted by Gasteiger charge is -2.35. The summed E-state index contributed by atoms with van der Waals surface area (Å²) in [5.41, 5.74) is 0. The predicted octanol–water partition coefficient (Wildman–Crippen LogP) is 1.69. The molecule has 1 fully saturated rings. The van der Waals surface area contributed by atoms with Crippen molar-refractivity contribution in [3.8, 4) is 0 Å². The largest absolute Gasteiger partial charge is 0.372 e. The molecule has 0 saturated carbocycles. The van der Waals surface area contributed by atoms with Crippen LogP contribution in [0.5, 0.6) is 0 Å². The Bertz CT molecular complexity index is 320. The maximum absolute atomic E-state index is 5.66. The SMILES string of the molecule is C[C@@H]1CN(c2ncc(I)cn2)C[C@H](C)O1. The Morgan fingerprint density at radius 3 is 2.33 bits per heavy atom. The lowest BCUT2D eigenvalue weighted by molar-refractivity contribution is -0.00572. The van der Waals surface area contributed by atoms with Gasteiger partial charge in [0.15, 0.2) is 0 Å². The van der Waals surface area contributed by atoms with Crippen LogP contribution in [-0.4, -0.2) is 35.3 Å². The molecule has 1 aromatic rings. The summed E-state index contributed by atoms with van der Waals surface area (Å²) in [6, 6.07) is 0. The second kappa shape index (κ2) is 4.61. The molecule has 0 aliphatic carbocycles. The van der Waals surface area contributed by atoms with Crippen molar-refractivity contribution in [1.82, 2.24) is 9.97 Å². The van der Waals surface area contributed by atoms with E-state index in [4.69, 9.17) is 4.74 Å². The second-order valence-corrected chi connectivity index (χ2v) is 5.11. The Hall–Kier alpha value is -0.430. The van der Waals surface area contributed by atoms with Gasteiger partial charge in [-0.15, -0.1) is 0 Å². The minimum Gasteiger partial charge on any atom is -0.372 e. The third-order valence-electron chi connectivity index (χ3n) is 2.31. The summed E-state index contributed by atoms with van der Waals surface area (Å²) in [6.07, 6.45) is 4.18. The number of hydrogen-bond donors (Lipinski definition) is 0. The number of halogens is 1. The second-order valence-electron chi connectivity index (χ2n) is 3.86. The molecule has 82 valence electrons. The van der Waals surface area contributed by atoms with Crippen molar-refractivity contribution < 1.29 is 4.74 Å². The molecule has 0 bridgehead atoms. The van der Waals surface area contributed by atoms with Crippen LogP contribution in [-0.2, 0) is 4.74 Å². The number of morpholine rings is 1. The van der Waals surface area contributed by atoms with Crippen molar-refractivity contribution in [1.29, 1.82) is 0 Å². The maximum atomic E-state index is 5.66. The Morgan fingerprint density at radius 1 is 1.27 bits per heavy atom. The van der Waals surface area contributed by atoms with Crippen molar-refractivity contribution in [2.24, 2.45) is 0 Å². The first kappa shape index (κ1) is 11.1. The van der Waals surface area contributed by atoms with E-state index in [0.29, 0.717) is 0 Å². The summed E-state index contributed by atoms with van der Waals surface area (Å²) < 4.78 is 6.72. The van der Waals surface area contributed by atoms with Gasteiger partial charge in [0, 0.05) is 29.1 Å². The van der Waals surface area contributed by atoms with E-state index in [1.165, 1.54) is 0 Å². The third-order valence-corrected chi connectivity index (χ3v) is 2.87. The highest BCUT2D eigenvalue weighted by atomic mass is 127. The van der Waals surface area contributed by atoms with Gasteiger partial charge in [-0.25, -0.2) is 9.97 Å². The highest BCUT2D eigenvalue weighted by Gasteiger charge is 2.23. The fourth-order valence-corrected chi connectivity index (χ4v) is 2.09. The van der Waals surface area contributed by atoms with Gasteiger partial charge in [0.05, 0.1) is 12.2 Å². The quantitative estimate of drug-likeness (QED) is 0.739. The van der Waals surface area contributed by atoms with Crippen LogP contribution < -0.4 is 4.90 Å². The molecule has 15 heavy (non-hydrogen) atoms. The molecule has 0 aromatic carbocycles. The molecular formula is C10H14IN3O. The van der Waals surface area contributed by atoms with E-state index in [9.17, 15) is 0 Å². The van der Waals surface area contributed by atoms with Crippen molar-refractivity contribution in [3.63, 3.8) is 0 Å². The van der Waals surface area contributed by atoms with Gasteiger partial charge in [0.2, 0.25) is 5.95 Å². The molecule has 1 aliphatic rings. The summed E-state index contributed by atoms with van der Waals surface area (Å²) in [5, 5.41) is 0. The molecule has 1 aliphatic heterocycles. The van der Waals surface area contributed by atoms with Gasteiger partial charge in [-0.2, -0.15) is 0 Å². The first-order valence-corrected chi connectivity index (χ1v) is 6.11. The molecule has 2 atom stereocenters. The molecule has 0 radical (unpaired) electrons. The fraction of sp³-hybridized carbons (Fsp3) is 0.600. The molecule has 2 heterocycles. The van der Waals surface area contributed by atoms with Crippen LogP contribution in [0, 0.1) is 3.57 Å². The zero-order chi connectivity index (χ0) is 10.8. The van der Waals surface area contributed by atoms with Gasteiger partial charge in [-0.05, 0) is 36.4 Å². The number of rotatable bonds is 1. The Morgan fingerprint density at radius 2 is 1.80 bits per heavy atom. The van der Waals surface area contributed by atoms with Crippen LogP contribution in [0.25, 0.3) is 0 Å². The topological polar surface area (TPSA) is 38.2 Å². The standard InChI is InChI=1S/C10H14IN3O/c1-7-5-14(6-8(2)15-7)10-12-3-9(11)4-13-10/h3-4,7-8H,5-6H2,1-2H3/t7-,8+. The summed E-state index contributed by atoms with van der Waals surface area (Å²) in [6.45, 7) is 5.89. The molecular weight excluding hydrogens is 305 g/mol. The summed E-state index contributed by atoms with van der Waals surface area (Å²) in [7, 11) is 0. The normalized spacial score (nSPS) is 26.7. The highest BCUT2D eigenvalue weighted by Crippen LogP contribution is 2.16. The van der Waals surface area contributed by atoms with Crippen LogP contribution >= 0.6 is 22.6 Å². The summed E-state index contributed by atoms with van der Waals surface area (Å²) in [4.78, 5) is 10.8. The minimum absolute atomic E-state index is 0.247. The first-order valence-electron chi connectivity index (χ1n) is 5.03. The first-order chi connectivity index (χ1) is 7.15. The van der Waals surface area contributed by atoms with E-state index in [1.807, 2.05) is 12.4 Å². The molecule has 1 aromatic heterocycles. The molecule has 0 N–H and O–H groups in total. The zero-order valence-electron chi connectivity index (χ0n) is 8.85. The van der Waals surface area contributed by atoms with Crippen LogP contribution in [0.3, 0.4) is 0 Å². The van der Waals surface area contributed by atoms with Gasteiger partial charge in [0.1, 0.15) is 0 Å². The van der Waals surface area contributed by atoms with Gasteiger partial charge < -0.3 is 9.64 Å². The van der Waals surface area contributed by atoms with Gasteiger partial charge in [-0.1, -0.05) is 0 Å². The number of aromatic nitrogens is 2. The van der Waals surface area contributed by atoms with Crippen LogP contribution in [0.4, 0.5) is 5.95 Å². The number of anilines is 1. The van der Waals surface area contributed by atoms with E-state index < -0.39 is 0 Å². The zero-order valence-corrected chi connectivity index (χ0v) is 11.0. The lowest BCUT2D eigenvalue weighted by Crippen LogP contribution is -2.46. The maximum Gasteiger partial charge on any atom is 0.225 e. The summed E-state index contributed by atoms with van der Waals surface area (Å²) >= 11 is 2.21. The van der Waals surface area contributed by atoms with Crippen molar-refractivity contribution >= 4 is 28.5 Å². The fourth-order valence-electron chi connectivity index (χ4n) is 1.81. The average Bonchev–Trinajstić information content (AvgIpc) is 2.17. The molecule has 2 rings (SSSR count). The lowest BCUT2D eigenvalue weighted by atomic mass is 10.2. The molecule has 0 unspecified atom stereocenters. The molecule has 1 saturated heterocycles. The average molecular weight is 319 g/mol.